The number of amides is 1. The van der Waals surface area contributed by atoms with Gasteiger partial charge in [-0.1, -0.05) is 18.2 Å². The number of rotatable bonds is 5. The molecule has 2 aromatic rings. The highest BCUT2D eigenvalue weighted by Crippen LogP contribution is 2.31. The van der Waals surface area contributed by atoms with Crippen molar-refractivity contribution in [3.63, 3.8) is 0 Å². The molecule has 1 fully saturated rings. The first-order chi connectivity index (χ1) is 15.0. The van der Waals surface area contributed by atoms with Gasteiger partial charge in [0.05, 0.1) is 7.11 Å². The molecule has 0 saturated carbocycles. The van der Waals surface area contributed by atoms with E-state index < -0.39 is 0 Å². The first-order valence-corrected chi connectivity index (χ1v) is 11.2. The van der Waals surface area contributed by atoms with Crippen LogP contribution in [0.2, 0.25) is 0 Å². The lowest BCUT2D eigenvalue weighted by Crippen LogP contribution is -2.46. The lowest BCUT2D eigenvalue weighted by atomic mass is 9.88. The average molecular weight is 424 g/mol. The van der Waals surface area contributed by atoms with Crippen molar-refractivity contribution in [2.75, 3.05) is 33.3 Å². The van der Waals surface area contributed by atoms with Gasteiger partial charge in [-0.15, -0.1) is 0 Å². The van der Waals surface area contributed by atoms with E-state index in [0.717, 1.165) is 68.6 Å². The van der Waals surface area contributed by atoms with Crippen molar-refractivity contribution in [2.24, 2.45) is 0 Å². The zero-order chi connectivity index (χ0) is 21.8. The van der Waals surface area contributed by atoms with Crippen molar-refractivity contribution >= 4 is 5.91 Å². The number of hydrogen-bond acceptors (Lipinski definition) is 5. The molecule has 1 atom stereocenters. The molecule has 2 aliphatic rings. The number of ether oxygens (including phenoxy) is 1. The van der Waals surface area contributed by atoms with Crippen LogP contribution < -0.4 is 15.4 Å². The Morgan fingerprint density at radius 1 is 1.23 bits per heavy atom. The molecule has 1 amide bonds. The quantitative estimate of drug-likeness (QED) is 0.690. The van der Waals surface area contributed by atoms with E-state index in [9.17, 15) is 9.90 Å². The zero-order valence-corrected chi connectivity index (χ0v) is 18.5. The number of aryl methyl sites for hydroxylation is 2. The number of carbonyl (C=O) groups excluding carboxylic acids is 1. The molecule has 0 spiro atoms. The largest absolute Gasteiger partial charge is 0.504 e. The number of benzene rings is 2. The van der Waals surface area contributed by atoms with E-state index >= 15 is 0 Å². The standard InChI is InChI=1S/C25H33N3O3/c1-25(10-8-18-6-7-22(29)23(16-18)31-2)11-9-19-4-3-5-20(21(19)17-27-25)24(30)28-14-12-26-13-15-28/h3-7,16,26-27,29H,8-15,17H2,1-2H3. The second-order valence-corrected chi connectivity index (χ2v) is 8.91. The molecule has 1 saturated heterocycles. The van der Waals surface area contributed by atoms with Crippen molar-refractivity contribution in [3.8, 4) is 11.5 Å². The third-order valence-electron chi connectivity index (χ3n) is 6.76. The lowest BCUT2D eigenvalue weighted by molar-refractivity contribution is 0.0734. The monoisotopic (exact) mass is 423 g/mol. The summed E-state index contributed by atoms with van der Waals surface area (Å²) in [7, 11) is 1.57. The summed E-state index contributed by atoms with van der Waals surface area (Å²) in [5.74, 6) is 0.835. The summed E-state index contributed by atoms with van der Waals surface area (Å²) in [5.41, 5.74) is 4.40. The number of hydrogen-bond donors (Lipinski definition) is 3. The number of aromatic hydroxyl groups is 1. The summed E-state index contributed by atoms with van der Waals surface area (Å²) in [5, 5.41) is 16.9. The van der Waals surface area contributed by atoms with Gasteiger partial charge in [0.1, 0.15) is 0 Å². The highest BCUT2D eigenvalue weighted by atomic mass is 16.5. The van der Waals surface area contributed by atoms with Crippen LogP contribution in [0.4, 0.5) is 0 Å². The van der Waals surface area contributed by atoms with Gasteiger partial charge in [-0.05, 0) is 67.5 Å². The Morgan fingerprint density at radius 2 is 2.03 bits per heavy atom. The predicted molar refractivity (Wildman–Crippen MR) is 122 cm³/mol. The van der Waals surface area contributed by atoms with Crippen LogP contribution in [-0.2, 0) is 19.4 Å². The second-order valence-electron chi connectivity index (χ2n) is 8.91. The van der Waals surface area contributed by atoms with E-state index in [-0.39, 0.29) is 17.2 Å². The number of methoxy groups -OCH3 is 1. The van der Waals surface area contributed by atoms with Crippen LogP contribution in [-0.4, -0.2) is 54.7 Å². The predicted octanol–water partition coefficient (Wildman–Crippen LogP) is 2.87. The first-order valence-electron chi connectivity index (χ1n) is 11.2. The average Bonchev–Trinajstić information content (AvgIpc) is 2.98. The number of carbonyl (C=O) groups is 1. The van der Waals surface area contributed by atoms with Gasteiger partial charge >= 0.3 is 0 Å². The molecule has 6 nitrogen and oxygen atoms in total. The van der Waals surface area contributed by atoms with Crippen LogP contribution in [0.3, 0.4) is 0 Å². The minimum absolute atomic E-state index is 0.0283. The van der Waals surface area contributed by atoms with Crippen molar-refractivity contribution in [1.82, 2.24) is 15.5 Å². The van der Waals surface area contributed by atoms with Crippen LogP contribution in [0, 0.1) is 0 Å². The molecule has 0 aromatic heterocycles. The van der Waals surface area contributed by atoms with Gasteiger partial charge in [0.25, 0.3) is 5.91 Å². The Morgan fingerprint density at radius 3 is 2.81 bits per heavy atom. The third kappa shape index (κ3) is 4.86. The van der Waals surface area contributed by atoms with Gasteiger partial charge in [0.15, 0.2) is 11.5 Å². The Hall–Kier alpha value is -2.57. The Bertz CT molecular complexity index is 940. The van der Waals surface area contributed by atoms with Crippen LogP contribution in [0.25, 0.3) is 0 Å². The number of nitrogens with one attached hydrogen (secondary N) is 2. The summed E-state index contributed by atoms with van der Waals surface area (Å²) in [6.45, 7) is 6.23. The summed E-state index contributed by atoms with van der Waals surface area (Å²) in [6.07, 6.45) is 3.83. The summed E-state index contributed by atoms with van der Waals surface area (Å²) in [6, 6.07) is 11.7. The summed E-state index contributed by atoms with van der Waals surface area (Å²) < 4.78 is 5.24. The normalized spacial score (nSPS) is 21.3. The van der Waals surface area contributed by atoms with Gasteiger partial charge in [0, 0.05) is 43.8 Å². The highest BCUT2D eigenvalue weighted by Gasteiger charge is 2.29. The zero-order valence-electron chi connectivity index (χ0n) is 18.5. The maximum absolute atomic E-state index is 13.2. The molecule has 1 unspecified atom stereocenters. The van der Waals surface area contributed by atoms with E-state index in [1.807, 2.05) is 29.2 Å². The molecule has 2 aliphatic heterocycles. The number of phenolic OH excluding ortho intramolecular Hbond substituents is 1. The second kappa shape index (κ2) is 9.28. The maximum atomic E-state index is 13.2. The lowest BCUT2D eigenvalue weighted by Gasteiger charge is -2.30. The molecule has 6 heteroatoms. The molecule has 3 N–H and O–H groups in total. The molecular weight excluding hydrogens is 390 g/mol. The van der Waals surface area contributed by atoms with Crippen LogP contribution >= 0.6 is 0 Å². The molecule has 31 heavy (non-hydrogen) atoms. The van der Waals surface area contributed by atoms with Gasteiger partial charge < -0.3 is 25.4 Å². The summed E-state index contributed by atoms with van der Waals surface area (Å²) in [4.78, 5) is 15.1. The van der Waals surface area contributed by atoms with Crippen LogP contribution in [0.1, 0.15) is 46.8 Å². The minimum Gasteiger partial charge on any atom is -0.504 e. The van der Waals surface area contributed by atoms with E-state index in [0.29, 0.717) is 12.3 Å². The first kappa shape index (κ1) is 21.7. The fourth-order valence-electron chi connectivity index (χ4n) is 4.63. The van der Waals surface area contributed by atoms with E-state index in [2.05, 4.69) is 23.6 Å². The molecule has 0 radical (unpaired) electrons. The maximum Gasteiger partial charge on any atom is 0.254 e. The number of nitrogens with zero attached hydrogens (tertiary/aromatic N) is 1. The molecule has 2 aromatic carbocycles. The number of phenols is 1. The van der Waals surface area contributed by atoms with Gasteiger partial charge in [-0.3, -0.25) is 4.79 Å². The SMILES string of the molecule is COc1cc(CCC2(C)CCc3cccc(C(=O)N4CCNCC4)c3CN2)ccc1O. The van der Waals surface area contributed by atoms with Crippen LogP contribution in [0.5, 0.6) is 11.5 Å². The third-order valence-corrected chi connectivity index (χ3v) is 6.76. The van der Waals surface area contributed by atoms with Crippen molar-refractivity contribution in [1.29, 1.82) is 0 Å². The van der Waals surface area contributed by atoms with E-state index in [1.165, 1.54) is 5.56 Å². The summed E-state index contributed by atoms with van der Waals surface area (Å²) >= 11 is 0. The van der Waals surface area contributed by atoms with Crippen molar-refractivity contribution in [3.05, 3.63) is 58.7 Å². The fourth-order valence-corrected chi connectivity index (χ4v) is 4.63. The number of fused-ring (bicyclic) bond motifs is 1. The minimum atomic E-state index is -0.0283. The van der Waals surface area contributed by atoms with Crippen molar-refractivity contribution in [2.45, 2.75) is 44.7 Å². The molecular formula is C25H33N3O3. The highest BCUT2D eigenvalue weighted by molar-refractivity contribution is 5.96. The van der Waals surface area contributed by atoms with E-state index in [4.69, 9.17) is 4.74 Å². The molecule has 0 aliphatic carbocycles. The van der Waals surface area contributed by atoms with Gasteiger partial charge in [0.2, 0.25) is 0 Å². The van der Waals surface area contributed by atoms with Crippen molar-refractivity contribution < 1.29 is 14.6 Å². The van der Waals surface area contributed by atoms with E-state index in [1.54, 1.807) is 13.2 Å². The molecule has 4 rings (SSSR count). The number of piperazine rings is 1. The topological polar surface area (TPSA) is 73.8 Å². The molecule has 166 valence electrons. The smallest absolute Gasteiger partial charge is 0.254 e. The van der Waals surface area contributed by atoms with Gasteiger partial charge in [-0.25, -0.2) is 0 Å². The Kier molecular flexibility index (Phi) is 6.49. The Balaban J connectivity index is 1.46. The Labute approximate surface area is 184 Å². The van der Waals surface area contributed by atoms with Gasteiger partial charge in [-0.2, -0.15) is 0 Å². The fraction of sp³-hybridized carbons (Fsp3) is 0.480. The molecule has 0 bridgehead atoms. The molecule has 2 heterocycles. The van der Waals surface area contributed by atoms with Crippen LogP contribution in [0.15, 0.2) is 36.4 Å².